The molecule has 0 aliphatic carbocycles. The first-order chi connectivity index (χ1) is 14.5. The van der Waals surface area contributed by atoms with E-state index in [-0.39, 0.29) is 29.5 Å². The van der Waals surface area contributed by atoms with Crippen LogP contribution in [0.1, 0.15) is 48.7 Å². The lowest BCUT2D eigenvalue weighted by molar-refractivity contribution is -0.134. The van der Waals surface area contributed by atoms with Crippen LogP contribution in [0.2, 0.25) is 0 Å². The molecule has 2 amide bonds. The van der Waals surface area contributed by atoms with Crippen molar-refractivity contribution >= 4 is 11.8 Å². The van der Waals surface area contributed by atoms with Crippen LogP contribution in [-0.4, -0.2) is 56.9 Å². The van der Waals surface area contributed by atoms with Crippen molar-refractivity contribution in [3.63, 3.8) is 0 Å². The van der Waals surface area contributed by atoms with Gasteiger partial charge in [0.1, 0.15) is 11.6 Å². The van der Waals surface area contributed by atoms with E-state index < -0.39 is 5.82 Å². The fraction of sp³-hybridized carbons (Fsp3) is 0.524. The number of amides is 2. The maximum Gasteiger partial charge on any atom is 0.255 e. The minimum absolute atomic E-state index is 0.00865. The summed E-state index contributed by atoms with van der Waals surface area (Å²) in [4.78, 5) is 27.4. The van der Waals surface area contributed by atoms with Gasteiger partial charge in [0.2, 0.25) is 5.91 Å². The minimum atomic E-state index is -0.487. The van der Waals surface area contributed by atoms with Crippen molar-refractivity contribution < 1.29 is 18.7 Å². The van der Waals surface area contributed by atoms with Gasteiger partial charge in [-0.1, -0.05) is 5.21 Å². The molecular weight excluding hydrogens is 389 g/mol. The average Bonchev–Trinajstić information content (AvgIpc) is 3.17. The molecule has 0 spiro atoms. The average molecular weight is 415 g/mol. The highest BCUT2D eigenvalue weighted by atomic mass is 19.1. The zero-order valence-electron chi connectivity index (χ0n) is 17.0. The number of hydrogen-bond acceptors (Lipinski definition) is 5. The Labute approximate surface area is 174 Å². The molecule has 160 valence electrons. The van der Waals surface area contributed by atoms with Gasteiger partial charge in [-0.05, 0) is 38.0 Å². The number of rotatable bonds is 0. The van der Waals surface area contributed by atoms with Crippen molar-refractivity contribution in [2.75, 3.05) is 13.2 Å². The zero-order valence-corrected chi connectivity index (χ0v) is 17.0. The molecule has 0 saturated carbocycles. The summed E-state index contributed by atoms with van der Waals surface area (Å²) in [6.07, 6.45) is 4.74. The molecule has 4 heterocycles. The molecule has 0 unspecified atom stereocenters. The third kappa shape index (κ3) is 4.60. The van der Waals surface area contributed by atoms with Crippen LogP contribution in [0.15, 0.2) is 24.4 Å². The number of halogens is 1. The Morgan fingerprint density at radius 1 is 1.23 bits per heavy atom. The number of carbonyl (C=O) groups excluding carboxylic acids is 2. The van der Waals surface area contributed by atoms with Crippen LogP contribution in [0.25, 0.3) is 0 Å². The van der Waals surface area contributed by atoms with E-state index in [4.69, 9.17) is 4.74 Å². The van der Waals surface area contributed by atoms with Crippen molar-refractivity contribution in [1.29, 1.82) is 0 Å². The van der Waals surface area contributed by atoms with Gasteiger partial charge in [0.15, 0.2) is 0 Å². The summed E-state index contributed by atoms with van der Waals surface area (Å²) in [5.41, 5.74) is 0.978. The maximum absolute atomic E-state index is 13.8. The van der Waals surface area contributed by atoms with Crippen LogP contribution in [0.3, 0.4) is 0 Å². The summed E-state index contributed by atoms with van der Waals surface area (Å²) >= 11 is 0. The van der Waals surface area contributed by atoms with Crippen molar-refractivity contribution in [2.45, 2.75) is 57.7 Å². The number of fused-ring (bicyclic) bond motifs is 8. The van der Waals surface area contributed by atoms with Crippen LogP contribution in [-0.2, 0) is 17.8 Å². The number of aromatic nitrogens is 3. The molecule has 0 radical (unpaired) electrons. The van der Waals surface area contributed by atoms with E-state index in [0.29, 0.717) is 57.6 Å². The van der Waals surface area contributed by atoms with E-state index in [1.54, 1.807) is 4.68 Å². The first kappa shape index (κ1) is 20.3. The van der Waals surface area contributed by atoms with Gasteiger partial charge in [0, 0.05) is 50.6 Å². The minimum Gasteiger partial charge on any atom is -0.493 e. The van der Waals surface area contributed by atoms with Gasteiger partial charge < -0.3 is 15.0 Å². The Morgan fingerprint density at radius 3 is 2.93 bits per heavy atom. The van der Waals surface area contributed by atoms with Gasteiger partial charge in [-0.3, -0.25) is 14.3 Å². The van der Waals surface area contributed by atoms with Gasteiger partial charge in [0.25, 0.3) is 5.91 Å². The standard InChI is InChI=1S/C21H26FN5O3/c1-14-11-16-7-9-27(14)20(28)6-4-17-13-26(25-24-17)8-2-10-30-19-5-3-15(22)12-18(19)21(29)23-16/h3,5,12-14,16H,2,4,6-11H2,1H3,(H,23,29)/t14-,16-/m1/s1. The Balaban J connectivity index is 1.57. The molecule has 30 heavy (non-hydrogen) atoms. The second-order valence-electron chi connectivity index (χ2n) is 7.95. The molecule has 1 N–H and O–H groups in total. The highest BCUT2D eigenvalue weighted by Crippen LogP contribution is 2.23. The van der Waals surface area contributed by atoms with Crippen LogP contribution in [0, 0.1) is 5.82 Å². The number of carbonyl (C=O) groups is 2. The smallest absolute Gasteiger partial charge is 0.255 e. The number of nitrogens with one attached hydrogen (secondary N) is 1. The molecule has 5 rings (SSSR count). The van der Waals surface area contributed by atoms with Crippen LogP contribution < -0.4 is 10.1 Å². The molecule has 1 aromatic carbocycles. The van der Waals surface area contributed by atoms with Gasteiger partial charge >= 0.3 is 0 Å². The van der Waals surface area contributed by atoms with Gasteiger partial charge in [-0.2, -0.15) is 0 Å². The Morgan fingerprint density at radius 2 is 2.10 bits per heavy atom. The largest absolute Gasteiger partial charge is 0.493 e. The van der Waals surface area contributed by atoms with Crippen LogP contribution in [0.5, 0.6) is 5.75 Å². The summed E-state index contributed by atoms with van der Waals surface area (Å²) in [5, 5.41) is 11.2. The summed E-state index contributed by atoms with van der Waals surface area (Å²) in [7, 11) is 0. The lowest BCUT2D eigenvalue weighted by Gasteiger charge is -2.38. The van der Waals surface area contributed by atoms with Crippen LogP contribution in [0.4, 0.5) is 4.39 Å². The molecule has 1 aromatic heterocycles. The number of hydrogen-bond donors (Lipinski definition) is 1. The second kappa shape index (κ2) is 8.81. The maximum atomic E-state index is 13.8. The van der Waals surface area contributed by atoms with E-state index >= 15 is 0 Å². The van der Waals surface area contributed by atoms with Crippen molar-refractivity contribution in [1.82, 2.24) is 25.2 Å². The monoisotopic (exact) mass is 415 g/mol. The Kier molecular flexibility index (Phi) is 5.96. The SMILES string of the molecule is C[C@@H]1C[C@H]2CCN1C(=O)CCc1cn(nn1)CCCOc1ccc(F)cc1C(=O)N2. The normalized spacial score (nSPS) is 23.2. The first-order valence-electron chi connectivity index (χ1n) is 10.4. The predicted molar refractivity (Wildman–Crippen MR) is 107 cm³/mol. The molecule has 2 atom stereocenters. The number of benzene rings is 1. The molecular formula is C21H26FN5O3. The second-order valence-corrected chi connectivity index (χ2v) is 7.95. The lowest BCUT2D eigenvalue weighted by atomic mass is 9.97. The van der Waals surface area contributed by atoms with E-state index in [9.17, 15) is 14.0 Å². The summed E-state index contributed by atoms with van der Waals surface area (Å²) in [6, 6.07) is 3.91. The molecule has 4 bridgehead atoms. The van der Waals surface area contributed by atoms with Crippen molar-refractivity contribution in [2.24, 2.45) is 0 Å². The van der Waals surface area contributed by atoms with E-state index in [0.717, 1.165) is 5.69 Å². The molecule has 3 aliphatic heterocycles. The van der Waals surface area contributed by atoms with Crippen molar-refractivity contribution in [3.8, 4) is 5.75 Å². The summed E-state index contributed by atoms with van der Waals surface area (Å²) in [5.74, 6) is -0.402. The third-order valence-corrected chi connectivity index (χ3v) is 5.69. The lowest BCUT2D eigenvalue weighted by Crippen LogP contribution is -2.51. The molecule has 1 saturated heterocycles. The third-order valence-electron chi connectivity index (χ3n) is 5.69. The number of aryl methyl sites for hydroxylation is 2. The molecule has 8 nitrogen and oxygen atoms in total. The molecule has 9 heteroatoms. The van der Waals surface area contributed by atoms with Gasteiger partial charge in [-0.25, -0.2) is 4.39 Å². The highest BCUT2D eigenvalue weighted by molar-refractivity contribution is 5.97. The fourth-order valence-corrected chi connectivity index (χ4v) is 4.09. The fourth-order valence-electron chi connectivity index (χ4n) is 4.09. The van der Waals surface area contributed by atoms with E-state index in [1.165, 1.54) is 18.2 Å². The van der Waals surface area contributed by atoms with E-state index in [1.807, 2.05) is 18.0 Å². The number of piperidine rings is 1. The predicted octanol–water partition coefficient (Wildman–Crippen LogP) is 1.94. The topological polar surface area (TPSA) is 89.3 Å². The van der Waals surface area contributed by atoms with Gasteiger partial charge in [-0.15, -0.1) is 5.10 Å². The quantitative estimate of drug-likeness (QED) is 0.710. The van der Waals surface area contributed by atoms with E-state index in [2.05, 4.69) is 15.6 Å². The molecule has 1 fully saturated rings. The Bertz CT molecular complexity index is 931. The summed E-state index contributed by atoms with van der Waals surface area (Å²) in [6.45, 7) is 3.51. The molecule has 3 aliphatic rings. The Hall–Kier alpha value is -2.97. The zero-order chi connectivity index (χ0) is 21.1. The number of ether oxygens (including phenoxy) is 1. The van der Waals surface area contributed by atoms with Crippen LogP contribution >= 0.6 is 0 Å². The molecule has 2 aromatic rings. The van der Waals surface area contributed by atoms with Gasteiger partial charge in [0.05, 0.1) is 17.9 Å². The summed E-state index contributed by atoms with van der Waals surface area (Å²) < 4.78 is 21.3. The first-order valence-corrected chi connectivity index (χ1v) is 10.4. The highest BCUT2D eigenvalue weighted by Gasteiger charge is 2.30. The number of nitrogens with zero attached hydrogens (tertiary/aromatic N) is 4. The van der Waals surface area contributed by atoms with Crippen molar-refractivity contribution in [3.05, 3.63) is 41.5 Å².